The van der Waals surface area contributed by atoms with Gasteiger partial charge in [0.05, 0.1) is 27.8 Å². The number of thioether (sulfide) groups is 1. The van der Waals surface area contributed by atoms with E-state index in [1.807, 2.05) is 0 Å². The van der Waals surface area contributed by atoms with E-state index in [1.165, 1.54) is 23.5 Å². The van der Waals surface area contributed by atoms with Gasteiger partial charge in [0.15, 0.2) is 0 Å². The zero-order valence-corrected chi connectivity index (χ0v) is 24.3. The highest BCUT2D eigenvalue weighted by molar-refractivity contribution is 8.00. The third-order valence-electron chi connectivity index (χ3n) is 7.11. The van der Waals surface area contributed by atoms with Gasteiger partial charge in [0.25, 0.3) is 0 Å². The van der Waals surface area contributed by atoms with Crippen LogP contribution in [-0.2, 0) is 33.3 Å². The number of hydrogen-bond donors (Lipinski definition) is 1. The van der Waals surface area contributed by atoms with E-state index >= 15 is 0 Å². The molecular formula is C28H17F6N3O4S3. The maximum Gasteiger partial charge on any atom is 0.416 e. The molecule has 4 heterocycles. The summed E-state index contributed by atoms with van der Waals surface area (Å²) in [6.07, 6.45) is -9.35. The molecule has 3 amide bonds. The van der Waals surface area contributed by atoms with Crippen molar-refractivity contribution in [3.8, 4) is 0 Å². The first-order valence-electron chi connectivity index (χ1n) is 12.7. The van der Waals surface area contributed by atoms with Crippen molar-refractivity contribution in [3.63, 3.8) is 0 Å². The quantitative estimate of drug-likeness (QED) is 0.195. The minimum atomic E-state index is -4.71. The Morgan fingerprint density at radius 3 is 2.20 bits per heavy atom. The molecule has 2 aromatic carbocycles. The summed E-state index contributed by atoms with van der Waals surface area (Å²) in [5.41, 5.74) is -2.39. The fourth-order valence-corrected chi connectivity index (χ4v) is 8.94. The second-order valence-electron chi connectivity index (χ2n) is 9.87. The van der Waals surface area contributed by atoms with Crippen molar-refractivity contribution < 1.29 is 40.7 Å². The van der Waals surface area contributed by atoms with Crippen molar-refractivity contribution in [2.45, 2.75) is 35.1 Å². The average molecular weight is 670 g/mol. The molecule has 0 aliphatic carbocycles. The Bertz CT molecular complexity index is 1850. The topological polar surface area (TPSA) is 88.5 Å². The summed E-state index contributed by atoms with van der Waals surface area (Å²) in [6.45, 7) is -0.595. The summed E-state index contributed by atoms with van der Waals surface area (Å²) >= 11 is 2.90. The van der Waals surface area contributed by atoms with Crippen LogP contribution >= 0.6 is 34.4 Å². The van der Waals surface area contributed by atoms with Gasteiger partial charge in [-0.2, -0.15) is 26.3 Å². The normalized spacial score (nSPS) is 20.0. The van der Waals surface area contributed by atoms with Gasteiger partial charge < -0.3 is 5.32 Å². The van der Waals surface area contributed by atoms with Crippen molar-refractivity contribution in [1.29, 1.82) is 0 Å². The Kier molecular flexibility index (Phi) is 7.49. The van der Waals surface area contributed by atoms with Gasteiger partial charge in [-0.1, -0.05) is 41.3 Å². The molecule has 1 N–H and O–H groups in total. The molecule has 2 aliphatic rings. The second-order valence-corrected chi connectivity index (χ2v) is 13.0. The third-order valence-corrected chi connectivity index (χ3v) is 10.7. The summed E-state index contributed by atoms with van der Waals surface area (Å²) < 4.78 is 80.7. The Labute approximate surface area is 256 Å². The lowest BCUT2D eigenvalue weighted by atomic mass is 9.87. The van der Waals surface area contributed by atoms with Crippen LogP contribution in [0.15, 0.2) is 75.9 Å². The maximum atomic E-state index is 13.8. The largest absolute Gasteiger partial charge is 0.416 e. The van der Waals surface area contributed by atoms with Gasteiger partial charge in [-0.05, 0) is 47.8 Å². The number of thiophene rings is 1. The van der Waals surface area contributed by atoms with Crippen molar-refractivity contribution >= 4 is 63.5 Å². The number of nitrogens with one attached hydrogen (secondary N) is 1. The molecule has 4 aromatic rings. The van der Waals surface area contributed by atoms with Gasteiger partial charge >= 0.3 is 17.2 Å². The number of imide groups is 1. The number of carbonyl (C=O) groups is 3. The Hall–Kier alpha value is -3.89. The molecule has 2 aliphatic heterocycles. The SMILES string of the molecule is O=C(Cn1c2c(sc1=O)C(c1cccs1)C1C(=O)N(c3cccc(C(F)(F)F)c3)C(=O)C1S2)Nc1cccc(C(F)(F)F)c1. The lowest BCUT2D eigenvalue weighted by Crippen LogP contribution is -2.32. The van der Waals surface area contributed by atoms with Crippen LogP contribution < -0.4 is 15.1 Å². The van der Waals surface area contributed by atoms with Crippen molar-refractivity contribution in [1.82, 2.24) is 4.57 Å². The van der Waals surface area contributed by atoms with Gasteiger partial charge in [0.2, 0.25) is 17.7 Å². The zero-order chi connectivity index (χ0) is 31.6. The van der Waals surface area contributed by atoms with Crippen LogP contribution in [0.4, 0.5) is 37.7 Å². The first-order valence-corrected chi connectivity index (χ1v) is 15.3. The number of nitrogens with zero attached hydrogens (tertiary/aromatic N) is 2. The monoisotopic (exact) mass is 669 g/mol. The number of fused-ring (bicyclic) bond motifs is 2. The molecule has 3 atom stereocenters. The first kappa shape index (κ1) is 30.1. The van der Waals surface area contributed by atoms with Crippen molar-refractivity contribution in [3.05, 3.63) is 96.6 Å². The van der Waals surface area contributed by atoms with E-state index in [0.29, 0.717) is 9.75 Å². The number of anilines is 2. The number of rotatable bonds is 5. The number of amides is 3. The number of alkyl halides is 6. The van der Waals surface area contributed by atoms with Crippen LogP contribution in [0.25, 0.3) is 0 Å². The molecular weight excluding hydrogens is 653 g/mol. The van der Waals surface area contributed by atoms with Crippen LogP contribution in [0.1, 0.15) is 26.8 Å². The van der Waals surface area contributed by atoms with E-state index in [0.717, 1.165) is 69.0 Å². The van der Waals surface area contributed by atoms with Gasteiger partial charge in [0.1, 0.15) is 11.8 Å². The molecule has 0 spiro atoms. The number of halogens is 6. The summed E-state index contributed by atoms with van der Waals surface area (Å²) in [7, 11) is 0. The highest BCUT2D eigenvalue weighted by atomic mass is 32.2. The Balaban J connectivity index is 1.35. The number of carbonyl (C=O) groups excluding carboxylic acids is 3. The minimum absolute atomic E-state index is 0.139. The summed E-state index contributed by atoms with van der Waals surface area (Å²) in [6, 6.07) is 11.3. The van der Waals surface area contributed by atoms with Crippen LogP contribution in [0.3, 0.4) is 0 Å². The minimum Gasteiger partial charge on any atom is -0.325 e. The van der Waals surface area contributed by atoms with Crippen molar-refractivity contribution in [2.24, 2.45) is 5.92 Å². The molecule has 44 heavy (non-hydrogen) atoms. The number of thiazole rings is 1. The molecule has 228 valence electrons. The van der Waals surface area contributed by atoms with E-state index in [9.17, 15) is 45.5 Å². The molecule has 1 saturated heterocycles. The molecule has 0 bridgehead atoms. The summed E-state index contributed by atoms with van der Waals surface area (Å²) in [5.74, 6) is -4.13. The molecule has 0 radical (unpaired) electrons. The van der Waals surface area contributed by atoms with Crippen LogP contribution in [0.2, 0.25) is 0 Å². The van der Waals surface area contributed by atoms with Crippen LogP contribution in [-0.4, -0.2) is 27.5 Å². The molecule has 7 nitrogen and oxygen atoms in total. The smallest absolute Gasteiger partial charge is 0.325 e. The summed E-state index contributed by atoms with van der Waals surface area (Å²) in [4.78, 5) is 54.7. The standard InChI is InChI=1S/C28H17F6N3O4S3/c29-27(30,31)13-4-1-6-15(10-13)35-18(38)12-36-25-22(44-26(36)41)19(17-8-3-9-42-17)20-21(43-25)24(40)37(23(20)39)16-7-2-5-14(11-16)28(32,33)34/h1-11,19-21H,12H2,(H,35,38). The molecule has 0 saturated carbocycles. The highest BCUT2D eigenvalue weighted by Gasteiger charge is 2.57. The lowest BCUT2D eigenvalue weighted by Gasteiger charge is -2.29. The highest BCUT2D eigenvalue weighted by Crippen LogP contribution is 2.54. The van der Waals surface area contributed by atoms with Gasteiger partial charge in [0, 0.05) is 21.4 Å². The molecule has 1 fully saturated rings. The lowest BCUT2D eigenvalue weighted by molar-refractivity contribution is -0.138. The predicted octanol–water partition coefficient (Wildman–Crippen LogP) is 6.44. The molecule has 3 unspecified atom stereocenters. The molecule has 6 rings (SSSR count). The zero-order valence-electron chi connectivity index (χ0n) is 21.8. The van der Waals surface area contributed by atoms with E-state index < -0.39 is 69.7 Å². The van der Waals surface area contributed by atoms with E-state index in [1.54, 1.807) is 17.5 Å². The number of aromatic nitrogens is 1. The van der Waals surface area contributed by atoms with Crippen molar-refractivity contribution in [2.75, 3.05) is 10.2 Å². The predicted molar refractivity (Wildman–Crippen MR) is 152 cm³/mol. The van der Waals surface area contributed by atoms with E-state index in [4.69, 9.17) is 0 Å². The van der Waals surface area contributed by atoms with E-state index in [2.05, 4.69) is 5.32 Å². The van der Waals surface area contributed by atoms with E-state index in [-0.39, 0.29) is 16.4 Å². The average Bonchev–Trinajstić information content (AvgIpc) is 3.65. The van der Waals surface area contributed by atoms with Crippen LogP contribution in [0, 0.1) is 5.92 Å². The number of benzene rings is 2. The van der Waals surface area contributed by atoms with Gasteiger partial charge in [-0.25, -0.2) is 4.90 Å². The Morgan fingerprint density at radius 2 is 1.55 bits per heavy atom. The van der Waals surface area contributed by atoms with Gasteiger partial charge in [-0.15, -0.1) is 11.3 Å². The molecule has 2 aromatic heterocycles. The maximum absolute atomic E-state index is 13.8. The third kappa shape index (κ3) is 5.34. The van der Waals surface area contributed by atoms with Crippen LogP contribution in [0.5, 0.6) is 0 Å². The Morgan fingerprint density at radius 1 is 0.864 bits per heavy atom. The second kappa shape index (κ2) is 10.9. The summed E-state index contributed by atoms with van der Waals surface area (Å²) in [5, 5.41) is 3.19. The first-order chi connectivity index (χ1) is 20.7. The molecule has 16 heteroatoms. The number of hydrogen-bond acceptors (Lipinski definition) is 7. The fraction of sp³-hybridized carbons (Fsp3) is 0.214. The fourth-order valence-electron chi connectivity index (χ4n) is 5.22. The van der Waals surface area contributed by atoms with Gasteiger partial charge in [-0.3, -0.25) is 23.7 Å².